The molecule has 47 heavy (non-hydrogen) atoms. The average Bonchev–Trinajstić information content (AvgIpc) is 3.43. The Labute approximate surface area is 281 Å². The predicted molar refractivity (Wildman–Crippen MR) is 182 cm³/mol. The Hall–Kier alpha value is -4.36. The molecule has 3 atom stereocenters. The highest BCUT2D eigenvalue weighted by atomic mass is 79.9. The summed E-state index contributed by atoms with van der Waals surface area (Å²) in [7, 11) is 2.09. The zero-order chi connectivity index (χ0) is 33.5. The van der Waals surface area contributed by atoms with Crippen LogP contribution in [0.15, 0.2) is 54.0 Å². The minimum absolute atomic E-state index is 0.0754. The summed E-state index contributed by atoms with van der Waals surface area (Å²) in [5.74, 6) is 0.340. The number of aryl methyl sites for hydroxylation is 1. The van der Waals surface area contributed by atoms with Gasteiger partial charge in [0, 0.05) is 48.3 Å². The number of carbonyl (C=O) groups is 3. The van der Waals surface area contributed by atoms with E-state index in [4.69, 9.17) is 0 Å². The molecule has 244 valence electrons. The molecule has 2 aliphatic rings. The lowest BCUT2D eigenvalue weighted by Crippen LogP contribution is -2.47. The van der Waals surface area contributed by atoms with Crippen LogP contribution in [0.2, 0.25) is 0 Å². The minimum atomic E-state index is -0.686. The number of halogens is 1. The van der Waals surface area contributed by atoms with Crippen LogP contribution in [-0.2, 0) is 22.6 Å². The van der Waals surface area contributed by atoms with Crippen LogP contribution in [0.4, 0.5) is 5.82 Å². The van der Waals surface area contributed by atoms with E-state index in [9.17, 15) is 14.4 Å². The molecule has 1 N–H and O–H groups in total. The maximum Gasteiger partial charge on any atom is 0.248 e. The van der Waals surface area contributed by atoms with Crippen molar-refractivity contribution in [3.05, 3.63) is 71.1 Å². The van der Waals surface area contributed by atoms with Gasteiger partial charge in [-0.1, -0.05) is 19.1 Å². The second-order valence-electron chi connectivity index (χ2n) is 12.6. The summed E-state index contributed by atoms with van der Waals surface area (Å²) in [6, 6.07) is 4.74. The fourth-order valence-electron chi connectivity index (χ4n) is 6.88. The monoisotopic (exact) mass is 699 g/mol. The molecule has 2 fully saturated rings. The number of nitrogens with zero attached hydrogens (tertiary/aromatic N) is 8. The molecule has 2 amide bonds. The van der Waals surface area contributed by atoms with Gasteiger partial charge in [-0.3, -0.25) is 24.0 Å². The van der Waals surface area contributed by atoms with Crippen molar-refractivity contribution in [2.45, 2.75) is 65.1 Å². The van der Waals surface area contributed by atoms with Crippen molar-refractivity contribution >= 4 is 50.2 Å². The summed E-state index contributed by atoms with van der Waals surface area (Å²) >= 11 is 3.41. The molecular formula is C34H38BrN9O3. The quantitative estimate of drug-likeness (QED) is 0.127. The van der Waals surface area contributed by atoms with Crippen LogP contribution in [0.3, 0.4) is 0 Å². The zero-order valence-corrected chi connectivity index (χ0v) is 28.6. The van der Waals surface area contributed by atoms with E-state index in [0.29, 0.717) is 51.2 Å². The number of carbonyl (C=O) groups excluding carboxylic acids is 3. The van der Waals surface area contributed by atoms with Gasteiger partial charge in [0.15, 0.2) is 5.78 Å². The van der Waals surface area contributed by atoms with Crippen LogP contribution in [0.25, 0.3) is 22.2 Å². The Morgan fingerprint density at radius 1 is 1.17 bits per heavy atom. The Bertz CT molecular complexity index is 1870. The number of amides is 2. The third kappa shape index (κ3) is 6.46. The molecule has 1 aliphatic carbocycles. The molecule has 13 heteroatoms. The topological polar surface area (TPSA) is 139 Å². The third-order valence-electron chi connectivity index (χ3n) is 9.08. The molecule has 6 rings (SSSR count). The van der Waals surface area contributed by atoms with Gasteiger partial charge in [-0.15, -0.1) is 6.58 Å². The molecule has 0 bridgehead atoms. The standard InChI is InChI=1S/C34H38BrN9O3/c1-6-8-22-9-10-29(35)39-32(22)40-33(47)26-13-34(19-42(5)11-7-2)14-28(34)44(26)30(46)18-43-27-17-38-25(23-15-36-21(4)37-16-23)12-24(27)31(41-43)20(3)45/h6,9-10,12,15-17,26,28H,1,7-8,11,13-14,18-19H2,2-5H3,(H,39,40,47)/t26-,28+,34-/m0/s1. The largest absolute Gasteiger partial charge is 0.325 e. The van der Waals surface area contributed by atoms with Gasteiger partial charge < -0.3 is 15.1 Å². The van der Waals surface area contributed by atoms with E-state index in [1.165, 1.54) is 11.6 Å². The number of hydrogen-bond donors (Lipinski definition) is 1. The summed E-state index contributed by atoms with van der Waals surface area (Å²) < 4.78 is 2.12. The van der Waals surface area contributed by atoms with E-state index in [-0.39, 0.29) is 41.3 Å². The molecule has 0 unspecified atom stereocenters. The molecule has 0 aromatic carbocycles. The second kappa shape index (κ2) is 13.0. The van der Waals surface area contributed by atoms with Gasteiger partial charge in [0.25, 0.3) is 0 Å². The first-order chi connectivity index (χ1) is 22.5. The number of Topliss-reactive ketones (excluding diaryl/α,β-unsaturated/α-hetero) is 1. The van der Waals surface area contributed by atoms with Crippen molar-refractivity contribution in [2.75, 3.05) is 25.5 Å². The van der Waals surface area contributed by atoms with Gasteiger partial charge in [-0.05, 0) is 79.8 Å². The first-order valence-corrected chi connectivity index (χ1v) is 16.6. The first-order valence-electron chi connectivity index (χ1n) is 15.8. The smallest absolute Gasteiger partial charge is 0.248 e. The lowest BCUT2D eigenvalue weighted by atomic mass is 9.98. The van der Waals surface area contributed by atoms with Crippen LogP contribution >= 0.6 is 15.9 Å². The first kappa shape index (κ1) is 32.6. The third-order valence-corrected chi connectivity index (χ3v) is 9.52. The highest BCUT2D eigenvalue weighted by Crippen LogP contribution is 2.60. The Morgan fingerprint density at radius 2 is 1.94 bits per heavy atom. The Kier molecular flexibility index (Phi) is 9.03. The highest BCUT2D eigenvalue weighted by molar-refractivity contribution is 9.10. The number of likely N-dealkylation sites (tertiary alicyclic amines) is 1. The SMILES string of the molecule is C=CCc1ccc(Br)nc1NC(=O)[C@@H]1C[C@@]2(CN(C)CCC)C[C@H]2N1C(=O)Cn1nc(C(C)=O)c2cc(-c3cnc(C)nc3)ncc21. The lowest BCUT2D eigenvalue weighted by Gasteiger charge is -2.27. The molecule has 4 aromatic heterocycles. The number of fused-ring (bicyclic) bond motifs is 2. The van der Waals surface area contributed by atoms with E-state index in [0.717, 1.165) is 31.5 Å². The summed E-state index contributed by atoms with van der Waals surface area (Å²) in [5.41, 5.74) is 2.77. The molecule has 0 spiro atoms. The highest BCUT2D eigenvalue weighted by Gasteiger charge is 2.67. The van der Waals surface area contributed by atoms with Crippen molar-refractivity contribution in [2.24, 2.45) is 5.41 Å². The van der Waals surface area contributed by atoms with Crippen molar-refractivity contribution in [3.63, 3.8) is 0 Å². The molecule has 12 nitrogen and oxygen atoms in total. The van der Waals surface area contributed by atoms with E-state index in [1.807, 2.05) is 12.1 Å². The van der Waals surface area contributed by atoms with Gasteiger partial charge in [0.2, 0.25) is 11.8 Å². The summed E-state index contributed by atoms with van der Waals surface area (Å²) in [5, 5.41) is 8.17. The summed E-state index contributed by atoms with van der Waals surface area (Å²) in [6.07, 6.45) is 9.67. The van der Waals surface area contributed by atoms with E-state index < -0.39 is 6.04 Å². The number of aromatic nitrogens is 6. The molecule has 1 saturated heterocycles. The fraction of sp³-hybridized carbons (Fsp3) is 0.412. The zero-order valence-electron chi connectivity index (χ0n) is 27.0. The Balaban J connectivity index is 1.31. The fourth-order valence-corrected chi connectivity index (χ4v) is 7.19. The predicted octanol–water partition coefficient (Wildman–Crippen LogP) is 4.63. The van der Waals surface area contributed by atoms with Gasteiger partial charge >= 0.3 is 0 Å². The molecular weight excluding hydrogens is 662 g/mol. The molecule has 1 saturated carbocycles. The maximum absolute atomic E-state index is 14.3. The van der Waals surface area contributed by atoms with Crippen molar-refractivity contribution in [1.82, 2.24) is 39.5 Å². The van der Waals surface area contributed by atoms with Crippen molar-refractivity contribution in [1.29, 1.82) is 0 Å². The van der Waals surface area contributed by atoms with Gasteiger partial charge in [-0.25, -0.2) is 15.0 Å². The van der Waals surface area contributed by atoms with E-state index in [2.05, 4.69) is 71.7 Å². The number of ketones is 1. The van der Waals surface area contributed by atoms with Crippen LogP contribution in [0.5, 0.6) is 0 Å². The van der Waals surface area contributed by atoms with Crippen LogP contribution < -0.4 is 5.32 Å². The van der Waals surface area contributed by atoms with Gasteiger partial charge in [0.1, 0.15) is 34.5 Å². The number of nitrogens with one attached hydrogen (secondary N) is 1. The molecule has 4 aromatic rings. The average molecular weight is 701 g/mol. The van der Waals surface area contributed by atoms with Gasteiger partial charge in [0.05, 0.1) is 17.4 Å². The number of anilines is 1. The lowest BCUT2D eigenvalue weighted by molar-refractivity contribution is -0.138. The van der Waals surface area contributed by atoms with Crippen molar-refractivity contribution < 1.29 is 14.4 Å². The van der Waals surface area contributed by atoms with E-state index >= 15 is 0 Å². The summed E-state index contributed by atoms with van der Waals surface area (Å²) in [6.45, 7) is 10.8. The van der Waals surface area contributed by atoms with Crippen LogP contribution in [-0.4, -0.2) is 89.3 Å². The number of pyridine rings is 2. The molecule has 5 heterocycles. The normalized spacial score (nSPS) is 20.0. The van der Waals surface area contributed by atoms with Crippen LogP contribution in [0, 0.1) is 12.3 Å². The molecule has 1 aliphatic heterocycles. The van der Waals surface area contributed by atoms with Crippen LogP contribution in [0.1, 0.15) is 55.0 Å². The second-order valence-corrected chi connectivity index (χ2v) is 13.4. The van der Waals surface area contributed by atoms with E-state index in [1.54, 1.807) is 42.6 Å². The number of allylic oxidation sites excluding steroid dienone is 1. The maximum atomic E-state index is 14.3. The minimum Gasteiger partial charge on any atom is -0.325 e. The van der Waals surface area contributed by atoms with Gasteiger partial charge in [-0.2, -0.15) is 5.10 Å². The number of rotatable bonds is 12. The summed E-state index contributed by atoms with van der Waals surface area (Å²) in [4.78, 5) is 62.6. The number of piperidine rings is 1. The molecule has 0 radical (unpaired) electrons. The Morgan fingerprint density at radius 3 is 2.64 bits per heavy atom. The number of hydrogen-bond acceptors (Lipinski definition) is 9. The van der Waals surface area contributed by atoms with Crippen molar-refractivity contribution in [3.8, 4) is 11.3 Å².